The fourth-order valence-electron chi connectivity index (χ4n) is 2.30. The maximum Gasteiger partial charge on any atom is 0.341 e. The first-order valence-corrected chi connectivity index (χ1v) is 8.88. The van der Waals surface area contributed by atoms with Crippen LogP contribution < -0.4 is 5.32 Å². The summed E-state index contributed by atoms with van der Waals surface area (Å²) in [7, 11) is 1.34. The maximum atomic E-state index is 12.3. The maximum absolute atomic E-state index is 12.3. The molecule has 0 spiro atoms. The standard InChI is InChI=1S/C18H18BrNO3S/c1-10(2)9-14(21)20-17-16(18(22)23-4)15(11(3)24-17)12-5-7-13(19)8-6-12/h5-9H,1-4H3,(H,20,21). The highest BCUT2D eigenvalue weighted by molar-refractivity contribution is 9.10. The van der Waals surface area contributed by atoms with Crippen LogP contribution in [0.15, 0.2) is 40.4 Å². The Labute approximate surface area is 153 Å². The molecule has 126 valence electrons. The van der Waals surface area contributed by atoms with Gasteiger partial charge in [0, 0.05) is 21.0 Å². The second-order valence-corrected chi connectivity index (χ2v) is 7.59. The molecule has 4 nitrogen and oxygen atoms in total. The van der Waals surface area contributed by atoms with E-state index in [1.807, 2.05) is 45.0 Å². The van der Waals surface area contributed by atoms with Gasteiger partial charge in [0.25, 0.3) is 0 Å². The van der Waals surface area contributed by atoms with Crippen molar-refractivity contribution in [2.24, 2.45) is 0 Å². The molecule has 0 aliphatic carbocycles. The van der Waals surface area contributed by atoms with E-state index in [9.17, 15) is 9.59 Å². The summed E-state index contributed by atoms with van der Waals surface area (Å²) in [6, 6.07) is 7.67. The summed E-state index contributed by atoms with van der Waals surface area (Å²) >= 11 is 4.77. The smallest absolute Gasteiger partial charge is 0.341 e. The normalized spacial score (nSPS) is 10.2. The lowest BCUT2D eigenvalue weighted by atomic mass is 10.0. The Morgan fingerprint density at radius 2 is 1.83 bits per heavy atom. The molecular formula is C18H18BrNO3S. The van der Waals surface area contributed by atoms with E-state index in [0.717, 1.165) is 26.0 Å². The zero-order valence-corrected chi connectivity index (χ0v) is 16.3. The quantitative estimate of drug-likeness (QED) is 0.561. The van der Waals surface area contributed by atoms with Crippen LogP contribution in [0.25, 0.3) is 11.1 Å². The topological polar surface area (TPSA) is 55.4 Å². The molecule has 1 aromatic carbocycles. The number of nitrogens with one attached hydrogen (secondary N) is 1. The number of amides is 1. The number of hydrogen-bond donors (Lipinski definition) is 1. The van der Waals surface area contributed by atoms with E-state index >= 15 is 0 Å². The monoisotopic (exact) mass is 407 g/mol. The number of hydrogen-bond acceptors (Lipinski definition) is 4. The number of aryl methyl sites for hydroxylation is 1. The number of halogens is 1. The van der Waals surface area contributed by atoms with Crippen molar-refractivity contribution in [3.63, 3.8) is 0 Å². The van der Waals surface area contributed by atoms with Crippen molar-refractivity contribution in [3.05, 3.63) is 50.8 Å². The van der Waals surface area contributed by atoms with Crippen LogP contribution in [0.1, 0.15) is 29.1 Å². The Hall–Kier alpha value is -1.92. The van der Waals surface area contributed by atoms with Crippen LogP contribution in [0.4, 0.5) is 5.00 Å². The van der Waals surface area contributed by atoms with E-state index in [0.29, 0.717) is 10.6 Å². The van der Waals surface area contributed by atoms with E-state index < -0.39 is 5.97 Å². The van der Waals surface area contributed by atoms with Gasteiger partial charge in [-0.15, -0.1) is 11.3 Å². The third kappa shape index (κ3) is 4.13. The summed E-state index contributed by atoms with van der Waals surface area (Å²) in [5, 5.41) is 3.29. The highest BCUT2D eigenvalue weighted by Crippen LogP contribution is 2.40. The summed E-state index contributed by atoms with van der Waals surface area (Å²) in [6.07, 6.45) is 1.50. The number of ether oxygens (including phenoxy) is 1. The summed E-state index contributed by atoms with van der Waals surface area (Å²) in [5.41, 5.74) is 2.95. The zero-order valence-electron chi connectivity index (χ0n) is 13.9. The zero-order chi connectivity index (χ0) is 17.9. The third-order valence-electron chi connectivity index (χ3n) is 3.26. The van der Waals surface area contributed by atoms with Crippen LogP contribution in [0.5, 0.6) is 0 Å². The number of esters is 1. The van der Waals surface area contributed by atoms with Gasteiger partial charge in [0.1, 0.15) is 10.6 Å². The van der Waals surface area contributed by atoms with Gasteiger partial charge in [-0.2, -0.15) is 0 Å². The van der Waals surface area contributed by atoms with Crippen LogP contribution >= 0.6 is 27.3 Å². The van der Waals surface area contributed by atoms with Gasteiger partial charge in [-0.25, -0.2) is 4.79 Å². The van der Waals surface area contributed by atoms with Gasteiger partial charge in [-0.3, -0.25) is 4.79 Å². The Balaban J connectivity index is 2.55. The molecule has 0 radical (unpaired) electrons. The van der Waals surface area contributed by atoms with Gasteiger partial charge in [0.05, 0.1) is 7.11 Å². The minimum atomic E-state index is -0.468. The summed E-state index contributed by atoms with van der Waals surface area (Å²) in [4.78, 5) is 25.3. The minimum Gasteiger partial charge on any atom is -0.465 e. The molecule has 6 heteroatoms. The fraction of sp³-hybridized carbons (Fsp3) is 0.222. The molecule has 2 rings (SSSR count). The number of anilines is 1. The van der Waals surface area contributed by atoms with E-state index in [1.54, 1.807) is 0 Å². The first-order valence-electron chi connectivity index (χ1n) is 7.27. The minimum absolute atomic E-state index is 0.260. The van der Waals surface area contributed by atoms with E-state index in [-0.39, 0.29) is 5.91 Å². The van der Waals surface area contributed by atoms with Crippen LogP contribution in [0, 0.1) is 6.92 Å². The highest BCUT2D eigenvalue weighted by atomic mass is 79.9. The molecule has 0 atom stereocenters. The van der Waals surface area contributed by atoms with Crippen LogP contribution in [0.3, 0.4) is 0 Å². The van der Waals surface area contributed by atoms with Gasteiger partial charge in [0.2, 0.25) is 5.91 Å². The van der Waals surface area contributed by atoms with Gasteiger partial charge >= 0.3 is 5.97 Å². The van der Waals surface area contributed by atoms with E-state index in [1.165, 1.54) is 24.5 Å². The molecule has 0 aliphatic rings. The number of methoxy groups -OCH3 is 1. The Morgan fingerprint density at radius 3 is 2.38 bits per heavy atom. The van der Waals surface area contributed by atoms with Crippen molar-refractivity contribution >= 4 is 44.1 Å². The molecule has 1 N–H and O–H groups in total. The number of thiophene rings is 1. The fourth-order valence-corrected chi connectivity index (χ4v) is 3.64. The predicted molar refractivity (Wildman–Crippen MR) is 102 cm³/mol. The van der Waals surface area contributed by atoms with Gasteiger partial charge in [-0.05, 0) is 38.5 Å². The van der Waals surface area contributed by atoms with Crippen molar-refractivity contribution < 1.29 is 14.3 Å². The second-order valence-electron chi connectivity index (χ2n) is 5.45. The largest absolute Gasteiger partial charge is 0.465 e. The van der Waals surface area contributed by atoms with Crippen LogP contribution in [0.2, 0.25) is 0 Å². The van der Waals surface area contributed by atoms with Crippen molar-refractivity contribution in [3.8, 4) is 11.1 Å². The Kier molecular flexibility index (Phi) is 5.96. The lowest BCUT2D eigenvalue weighted by Gasteiger charge is -2.07. The predicted octanol–water partition coefficient (Wildman–Crippen LogP) is 5.18. The van der Waals surface area contributed by atoms with Gasteiger partial charge in [-0.1, -0.05) is 33.6 Å². The molecule has 0 bridgehead atoms. The number of benzene rings is 1. The number of rotatable bonds is 4. The van der Waals surface area contributed by atoms with Crippen LogP contribution in [-0.4, -0.2) is 19.0 Å². The molecule has 0 unspecified atom stereocenters. The summed E-state index contributed by atoms with van der Waals surface area (Å²) in [5.74, 6) is -0.728. The first kappa shape index (κ1) is 18.4. The lowest BCUT2D eigenvalue weighted by molar-refractivity contribution is -0.111. The SMILES string of the molecule is COC(=O)c1c(NC(=O)C=C(C)C)sc(C)c1-c1ccc(Br)cc1. The molecule has 0 saturated carbocycles. The molecule has 1 aromatic heterocycles. The van der Waals surface area contributed by atoms with Crippen molar-refractivity contribution in [1.82, 2.24) is 0 Å². The lowest BCUT2D eigenvalue weighted by Crippen LogP contribution is -2.12. The van der Waals surface area contributed by atoms with E-state index in [2.05, 4.69) is 21.2 Å². The molecule has 0 aliphatic heterocycles. The molecule has 24 heavy (non-hydrogen) atoms. The van der Waals surface area contributed by atoms with Crippen molar-refractivity contribution in [2.45, 2.75) is 20.8 Å². The third-order valence-corrected chi connectivity index (χ3v) is 4.81. The van der Waals surface area contributed by atoms with Crippen LogP contribution in [-0.2, 0) is 9.53 Å². The molecule has 2 aromatic rings. The first-order chi connectivity index (χ1) is 11.3. The number of allylic oxidation sites excluding steroid dienone is 1. The summed E-state index contributed by atoms with van der Waals surface area (Å²) in [6.45, 7) is 5.60. The number of carbonyl (C=O) groups excluding carboxylic acids is 2. The average molecular weight is 408 g/mol. The Morgan fingerprint density at radius 1 is 1.21 bits per heavy atom. The molecular weight excluding hydrogens is 390 g/mol. The molecule has 0 fully saturated rings. The highest BCUT2D eigenvalue weighted by Gasteiger charge is 2.24. The van der Waals surface area contributed by atoms with Crippen molar-refractivity contribution in [2.75, 3.05) is 12.4 Å². The van der Waals surface area contributed by atoms with Crippen molar-refractivity contribution in [1.29, 1.82) is 0 Å². The Bertz CT molecular complexity index is 802. The van der Waals surface area contributed by atoms with E-state index in [4.69, 9.17) is 4.74 Å². The molecule has 1 heterocycles. The molecule has 1 amide bonds. The van der Waals surface area contributed by atoms with Gasteiger partial charge < -0.3 is 10.1 Å². The number of carbonyl (C=O) groups is 2. The second kappa shape index (κ2) is 7.77. The van der Waals surface area contributed by atoms with Gasteiger partial charge in [0.15, 0.2) is 0 Å². The summed E-state index contributed by atoms with van der Waals surface area (Å²) < 4.78 is 5.89. The average Bonchev–Trinajstić information content (AvgIpc) is 2.82. The molecule has 0 saturated heterocycles.